The molecule has 0 aliphatic carbocycles. The van der Waals surface area contributed by atoms with Crippen molar-refractivity contribution < 1.29 is 4.42 Å². The average molecular weight is 729 g/mol. The van der Waals surface area contributed by atoms with Crippen LogP contribution in [0.25, 0.3) is 82.8 Å². The highest BCUT2D eigenvalue weighted by molar-refractivity contribution is 6.12. The van der Waals surface area contributed by atoms with Crippen molar-refractivity contribution in [3.63, 3.8) is 0 Å². The molecule has 0 spiro atoms. The standard InChI is InChI=1S/C54H36N2O/c1-3-17-37(18-4-1)39-21-15-23-41(33-39)55(50-29-11-7-25-44(50)38-19-5-2-6-20-38)43-35-48(54-49(36-43)47-28-10-14-32-53(47)57-54)40-22-16-24-42(34-40)56-51-30-12-8-26-45(51)46-27-9-13-31-52(46)56/h1-36H. The van der Waals surface area contributed by atoms with Crippen LogP contribution in [0.2, 0.25) is 0 Å². The number of para-hydroxylation sites is 4. The predicted octanol–water partition coefficient (Wildman–Crippen LogP) is 15.2. The van der Waals surface area contributed by atoms with Crippen molar-refractivity contribution in [3.8, 4) is 39.1 Å². The van der Waals surface area contributed by atoms with E-state index in [1.54, 1.807) is 0 Å². The Morgan fingerprint density at radius 3 is 1.72 bits per heavy atom. The molecule has 11 rings (SSSR count). The van der Waals surface area contributed by atoms with Crippen LogP contribution in [-0.2, 0) is 0 Å². The average Bonchev–Trinajstić information content (AvgIpc) is 3.83. The van der Waals surface area contributed by atoms with Crippen molar-refractivity contribution >= 4 is 60.8 Å². The molecule has 2 heterocycles. The highest BCUT2D eigenvalue weighted by Crippen LogP contribution is 2.46. The Morgan fingerprint density at radius 1 is 0.351 bits per heavy atom. The number of nitrogens with zero attached hydrogens (tertiary/aromatic N) is 2. The van der Waals surface area contributed by atoms with Crippen LogP contribution in [-0.4, -0.2) is 4.57 Å². The second kappa shape index (κ2) is 13.6. The molecule has 0 saturated carbocycles. The lowest BCUT2D eigenvalue weighted by Crippen LogP contribution is -2.11. The van der Waals surface area contributed by atoms with Gasteiger partial charge in [0.15, 0.2) is 0 Å². The van der Waals surface area contributed by atoms with E-state index < -0.39 is 0 Å². The van der Waals surface area contributed by atoms with Gasteiger partial charge in [0, 0.05) is 49.7 Å². The number of anilines is 3. The lowest BCUT2D eigenvalue weighted by Gasteiger charge is -2.29. The summed E-state index contributed by atoms with van der Waals surface area (Å²) in [6, 6.07) is 78.1. The summed E-state index contributed by atoms with van der Waals surface area (Å²) in [5.74, 6) is 0. The van der Waals surface area contributed by atoms with Gasteiger partial charge in [0.05, 0.1) is 16.7 Å². The maximum Gasteiger partial charge on any atom is 0.143 e. The van der Waals surface area contributed by atoms with Crippen LogP contribution in [0.3, 0.4) is 0 Å². The number of hydrogen-bond acceptors (Lipinski definition) is 2. The number of fused-ring (bicyclic) bond motifs is 6. The van der Waals surface area contributed by atoms with Gasteiger partial charge in [-0.15, -0.1) is 0 Å². The van der Waals surface area contributed by atoms with Crippen molar-refractivity contribution in [1.82, 2.24) is 4.57 Å². The van der Waals surface area contributed by atoms with Crippen molar-refractivity contribution in [1.29, 1.82) is 0 Å². The third-order valence-electron chi connectivity index (χ3n) is 11.2. The van der Waals surface area contributed by atoms with E-state index in [9.17, 15) is 0 Å². The summed E-state index contributed by atoms with van der Waals surface area (Å²) in [5, 5.41) is 4.64. The van der Waals surface area contributed by atoms with Crippen LogP contribution in [0, 0.1) is 0 Å². The van der Waals surface area contributed by atoms with E-state index in [2.05, 4.69) is 222 Å². The molecule has 0 atom stereocenters. The SMILES string of the molecule is c1ccc(-c2cccc(N(c3cc(-c4cccc(-n5c6ccccc6c6ccccc65)c4)c4oc5ccccc5c4c3)c3ccccc3-c3ccccc3)c2)cc1. The third kappa shape index (κ3) is 5.60. The summed E-state index contributed by atoms with van der Waals surface area (Å²) < 4.78 is 9.18. The number of rotatable bonds is 7. The summed E-state index contributed by atoms with van der Waals surface area (Å²) in [7, 11) is 0. The molecule has 0 aliphatic rings. The first-order valence-electron chi connectivity index (χ1n) is 19.4. The molecule has 9 aromatic carbocycles. The number of benzene rings is 9. The number of furan rings is 1. The second-order valence-electron chi connectivity index (χ2n) is 14.5. The first kappa shape index (κ1) is 32.8. The van der Waals surface area contributed by atoms with E-state index in [0.717, 1.165) is 72.5 Å². The minimum Gasteiger partial charge on any atom is -0.455 e. The Kier molecular flexibility index (Phi) is 7.82. The number of aromatic nitrogens is 1. The van der Waals surface area contributed by atoms with Crippen molar-refractivity contribution in [3.05, 3.63) is 218 Å². The molecular formula is C54H36N2O. The lowest BCUT2D eigenvalue weighted by atomic mass is 9.98. The van der Waals surface area contributed by atoms with Gasteiger partial charge in [-0.25, -0.2) is 0 Å². The molecule has 0 amide bonds. The predicted molar refractivity (Wildman–Crippen MR) is 239 cm³/mol. The largest absolute Gasteiger partial charge is 0.455 e. The Balaban J connectivity index is 1.18. The van der Waals surface area contributed by atoms with Gasteiger partial charge in [-0.05, 0) is 82.9 Å². The molecule has 3 nitrogen and oxygen atoms in total. The maximum atomic E-state index is 6.80. The highest BCUT2D eigenvalue weighted by atomic mass is 16.3. The Hall–Kier alpha value is -7.62. The van der Waals surface area contributed by atoms with Gasteiger partial charge < -0.3 is 13.9 Å². The molecule has 0 fully saturated rings. The minimum atomic E-state index is 0.867. The van der Waals surface area contributed by atoms with Crippen LogP contribution in [0.4, 0.5) is 17.1 Å². The monoisotopic (exact) mass is 728 g/mol. The summed E-state index contributed by atoms with van der Waals surface area (Å²) in [5.41, 5.74) is 15.1. The summed E-state index contributed by atoms with van der Waals surface area (Å²) in [6.45, 7) is 0. The molecule has 3 heteroatoms. The molecule has 57 heavy (non-hydrogen) atoms. The van der Waals surface area contributed by atoms with Gasteiger partial charge in [-0.1, -0.05) is 158 Å². The van der Waals surface area contributed by atoms with Crippen LogP contribution >= 0.6 is 0 Å². The van der Waals surface area contributed by atoms with Gasteiger partial charge in [0.1, 0.15) is 11.2 Å². The Labute approximate surface area is 330 Å². The summed E-state index contributed by atoms with van der Waals surface area (Å²) in [6.07, 6.45) is 0. The van der Waals surface area contributed by atoms with E-state index in [0.29, 0.717) is 0 Å². The topological polar surface area (TPSA) is 21.3 Å². The molecule has 0 N–H and O–H groups in total. The van der Waals surface area contributed by atoms with Crippen molar-refractivity contribution in [2.75, 3.05) is 4.90 Å². The van der Waals surface area contributed by atoms with Gasteiger partial charge in [0.2, 0.25) is 0 Å². The van der Waals surface area contributed by atoms with Crippen LogP contribution in [0.5, 0.6) is 0 Å². The zero-order valence-corrected chi connectivity index (χ0v) is 31.1. The summed E-state index contributed by atoms with van der Waals surface area (Å²) in [4.78, 5) is 2.41. The maximum absolute atomic E-state index is 6.80. The van der Waals surface area contributed by atoms with E-state index in [1.165, 1.54) is 27.4 Å². The lowest BCUT2D eigenvalue weighted by molar-refractivity contribution is 0.670. The van der Waals surface area contributed by atoms with Gasteiger partial charge in [-0.2, -0.15) is 0 Å². The van der Waals surface area contributed by atoms with E-state index in [4.69, 9.17) is 4.42 Å². The highest BCUT2D eigenvalue weighted by Gasteiger charge is 2.22. The molecule has 11 aromatic rings. The van der Waals surface area contributed by atoms with Crippen LogP contribution in [0.15, 0.2) is 223 Å². The number of hydrogen-bond donors (Lipinski definition) is 0. The second-order valence-corrected chi connectivity index (χ2v) is 14.5. The Morgan fingerprint density at radius 2 is 0.947 bits per heavy atom. The van der Waals surface area contributed by atoms with Crippen molar-refractivity contribution in [2.24, 2.45) is 0 Å². The van der Waals surface area contributed by atoms with Gasteiger partial charge in [0.25, 0.3) is 0 Å². The molecular weight excluding hydrogens is 693 g/mol. The smallest absolute Gasteiger partial charge is 0.143 e. The van der Waals surface area contributed by atoms with Crippen LogP contribution in [0.1, 0.15) is 0 Å². The van der Waals surface area contributed by atoms with Gasteiger partial charge in [-0.3, -0.25) is 0 Å². The fourth-order valence-electron chi connectivity index (χ4n) is 8.58. The van der Waals surface area contributed by atoms with Crippen molar-refractivity contribution in [2.45, 2.75) is 0 Å². The molecule has 268 valence electrons. The fraction of sp³-hybridized carbons (Fsp3) is 0. The van der Waals surface area contributed by atoms with Crippen LogP contribution < -0.4 is 4.90 Å². The summed E-state index contributed by atoms with van der Waals surface area (Å²) >= 11 is 0. The molecule has 0 bridgehead atoms. The normalized spacial score (nSPS) is 11.5. The van der Waals surface area contributed by atoms with E-state index in [-0.39, 0.29) is 0 Å². The first-order chi connectivity index (χ1) is 28.3. The van der Waals surface area contributed by atoms with E-state index in [1.807, 2.05) is 6.07 Å². The fourth-order valence-corrected chi connectivity index (χ4v) is 8.58. The third-order valence-corrected chi connectivity index (χ3v) is 11.2. The quantitative estimate of drug-likeness (QED) is 0.163. The molecule has 0 unspecified atom stereocenters. The van der Waals surface area contributed by atoms with E-state index >= 15 is 0 Å². The molecule has 0 radical (unpaired) electrons. The first-order valence-corrected chi connectivity index (χ1v) is 19.4. The Bertz CT molecular complexity index is 3190. The molecule has 0 aliphatic heterocycles. The zero-order valence-electron chi connectivity index (χ0n) is 31.1. The molecule has 2 aromatic heterocycles. The van der Waals surface area contributed by atoms with Gasteiger partial charge >= 0.3 is 0 Å². The molecule has 0 saturated heterocycles. The minimum absolute atomic E-state index is 0.867. The zero-order chi connectivity index (χ0) is 37.7.